The van der Waals surface area contributed by atoms with Crippen LogP contribution in [0.2, 0.25) is 0 Å². The van der Waals surface area contributed by atoms with Crippen LogP contribution in [0.1, 0.15) is 26.2 Å². The number of nitrogens with zero attached hydrogens (tertiary/aromatic N) is 1. The number of carbonyl (C=O) groups excluding carboxylic acids is 2. The molecule has 0 aromatic carbocycles. The van der Waals surface area contributed by atoms with Crippen molar-refractivity contribution < 1.29 is 23.8 Å². The lowest BCUT2D eigenvalue weighted by atomic mass is 10.1. The van der Waals surface area contributed by atoms with Gasteiger partial charge in [-0.15, -0.1) is 0 Å². The Kier molecular flexibility index (Phi) is 6.62. The van der Waals surface area contributed by atoms with Crippen LogP contribution in [0, 0.1) is 5.92 Å². The highest BCUT2D eigenvalue weighted by Gasteiger charge is 2.41. The molecule has 6 heteroatoms. The van der Waals surface area contributed by atoms with E-state index < -0.39 is 18.1 Å². The molecule has 1 heterocycles. The fourth-order valence-electron chi connectivity index (χ4n) is 2.23. The number of hydrogen-bond donors (Lipinski definition) is 0. The average molecular weight is 273 g/mol. The van der Waals surface area contributed by atoms with Gasteiger partial charge in [-0.05, 0) is 12.8 Å². The molecule has 110 valence electrons. The molecule has 1 fully saturated rings. The van der Waals surface area contributed by atoms with E-state index in [2.05, 4.69) is 0 Å². The largest absolute Gasteiger partial charge is 0.467 e. The van der Waals surface area contributed by atoms with E-state index in [1.54, 1.807) is 7.11 Å². The molecule has 0 spiro atoms. The third kappa shape index (κ3) is 4.38. The van der Waals surface area contributed by atoms with Gasteiger partial charge in [-0.2, -0.15) is 0 Å². The molecule has 1 aliphatic rings. The molecule has 6 nitrogen and oxygen atoms in total. The van der Waals surface area contributed by atoms with Gasteiger partial charge in [-0.3, -0.25) is 4.90 Å². The van der Waals surface area contributed by atoms with E-state index >= 15 is 0 Å². The fraction of sp³-hybridized carbons (Fsp3) is 0.846. The first-order valence-corrected chi connectivity index (χ1v) is 6.64. The first-order valence-electron chi connectivity index (χ1n) is 6.64. The molecule has 0 aliphatic carbocycles. The van der Waals surface area contributed by atoms with Gasteiger partial charge in [-0.1, -0.05) is 13.3 Å². The number of amides is 1. The number of ether oxygens (including phenoxy) is 3. The van der Waals surface area contributed by atoms with Crippen LogP contribution in [0.4, 0.5) is 4.79 Å². The molecule has 2 unspecified atom stereocenters. The predicted octanol–water partition coefficient (Wildman–Crippen LogP) is 1.43. The van der Waals surface area contributed by atoms with Gasteiger partial charge in [0.05, 0.1) is 20.3 Å². The molecular weight excluding hydrogens is 250 g/mol. The Morgan fingerprint density at radius 2 is 2.05 bits per heavy atom. The van der Waals surface area contributed by atoms with Crippen molar-refractivity contribution in [2.45, 2.75) is 32.2 Å². The van der Waals surface area contributed by atoms with Gasteiger partial charge >= 0.3 is 12.1 Å². The lowest BCUT2D eigenvalue weighted by Crippen LogP contribution is -2.41. The topological polar surface area (TPSA) is 65.1 Å². The minimum atomic E-state index is -0.556. The summed E-state index contributed by atoms with van der Waals surface area (Å²) in [6.45, 7) is 3.40. The third-order valence-electron chi connectivity index (χ3n) is 3.22. The Labute approximate surface area is 114 Å². The molecule has 1 rings (SSSR count). The van der Waals surface area contributed by atoms with E-state index in [9.17, 15) is 9.59 Å². The number of unbranched alkanes of at least 4 members (excludes halogenated alkanes) is 1. The molecule has 0 N–H and O–H groups in total. The number of likely N-dealkylation sites (tertiary alicyclic amines) is 1. The van der Waals surface area contributed by atoms with Crippen molar-refractivity contribution in [3.63, 3.8) is 0 Å². The molecule has 0 radical (unpaired) electrons. The van der Waals surface area contributed by atoms with Crippen molar-refractivity contribution in [2.24, 2.45) is 5.92 Å². The summed E-state index contributed by atoms with van der Waals surface area (Å²) >= 11 is 0. The van der Waals surface area contributed by atoms with Gasteiger partial charge in [0, 0.05) is 19.6 Å². The van der Waals surface area contributed by atoms with Crippen molar-refractivity contribution in [1.29, 1.82) is 0 Å². The maximum absolute atomic E-state index is 12.0. The van der Waals surface area contributed by atoms with Crippen LogP contribution in [0.15, 0.2) is 0 Å². The monoisotopic (exact) mass is 273 g/mol. The Hall–Kier alpha value is -1.30. The van der Waals surface area contributed by atoms with Crippen molar-refractivity contribution in [1.82, 2.24) is 4.90 Å². The zero-order chi connectivity index (χ0) is 14.3. The van der Waals surface area contributed by atoms with Crippen LogP contribution in [0.3, 0.4) is 0 Å². The van der Waals surface area contributed by atoms with Gasteiger partial charge in [0.25, 0.3) is 0 Å². The van der Waals surface area contributed by atoms with Crippen LogP contribution in [0.5, 0.6) is 0 Å². The number of rotatable bonds is 6. The van der Waals surface area contributed by atoms with E-state index in [1.165, 1.54) is 12.0 Å². The molecule has 0 bridgehead atoms. The van der Waals surface area contributed by atoms with Gasteiger partial charge in [0.2, 0.25) is 0 Å². The van der Waals surface area contributed by atoms with Crippen LogP contribution in [-0.2, 0) is 19.0 Å². The predicted molar refractivity (Wildman–Crippen MR) is 68.7 cm³/mol. The SMILES string of the molecule is CCCCOC(=O)N1CC(COC)CC1C(=O)OC. The molecular formula is C13H23NO5. The van der Waals surface area contributed by atoms with Gasteiger partial charge < -0.3 is 14.2 Å². The van der Waals surface area contributed by atoms with Crippen molar-refractivity contribution in [3.05, 3.63) is 0 Å². The van der Waals surface area contributed by atoms with Crippen LogP contribution in [-0.4, -0.2) is 57.0 Å². The van der Waals surface area contributed by atoms with E-state index in [-0.39, 0.29) is 5.92 Å². The Bertz CT molecular complexity index is 307. The van der Waals surface area contributed by atoms with Crippen molar-refractivity contribution >= 4 is 12.1 Å². The summed E-state index contributed by atoms with van der Waals surface area (Å²) < 4.78 is 15.0. The van der Waals surface area contributed by atoms with Crippen LogP contribution in [0.25, 0.3) is 0 Å². The maximum atomic E-state index is 12.0. The first-order chi connectivity index (χ1) is 9.13. The number of carbonyl (C=O) groups is 2. The molecule has 0 aromatic heterocycles. The molecule has 0 aromatic rings. The number of esters is 1. The maximum Gasteiger partial charge on any atom is 0.410 e. The zero-order valence-electron chi connectivity index (χ0n) is 11.9. The summed E-state index contributed by atoms with van der Waals surface area (Å²) in [5.74, 6) is -0.251. The standard InChI is InChI=1S/C13H23NO5/c1-4-5-6-19-13(16)14-8-10(9-17-2)7-11(14)12(15)18-3/h10-11H,4-9H2,1-3H3. The quantitative estimate of drug-likeness (QED) is 0.541. The Balaban J connectivity index is 2.60. The van der Waals surface area contributed by atoms with Crippen molar-refractivity contribution in [2.75, 3.05) is 34.0 Å². The molecule has 1 amide bonds. The second kappa shape index (κ2) is 7.99. The molecule has 2 atom stereocenters. The van der Waals surface area contributed by atoms with E-state index in [0.717, 1.165) is 12.8 Å². The van der Waals surface area contributed by atoms with Crippen LogP contribution < -0.4 is 0 Å². The van der Waals surface area contributed by atoms with Gasteiger partial charge in [0.1, 0.15) is 6.04 Å². The molecule has 1 aliphatic heterocycles. The lowest BCUT2D eigenvalue weighted by molar-refractivity contribution is -0.145. The highest BCUT2D eigenvalue weighted by atomic mass is 16.6. The highest BCUT2D eigenvalue weighted by Crippen LogP contribution is 2.25. The Morgan fingerprint density at radius 1 is 1.32 bits per heavy atom. The summed E-state index contributed by atoms with van der Waals surface area (Å²) in [7, 11) is 2.93. The molecule has 1 saturated heterocycles. The molecule has 0 saturated carbocycles. The smallest absolute Gasteiger partial charge is 0.410 e. The van der Waals surface area contributed by atoms with Gasteiger partial charge in [-0.25, -0.2) is 9.59 Å². The van der Waals surface area contributed by atoms with Crippen molar-refractivity contribution in [3.8, 4) is 0 Å². The highest BCUT2D eigenvalue weighted by molar-refractivity contribution is 5.82. The number of methoxy groups -OCH3 is 2. The second-order valence-corrected chi connectivity index (χ2v) is 4.72. The summed E-state index contributed by atoms with van der Waals surface area (Å²) in [6, 6.07) is -0.556. The average Bonchev–Trinajstić information content (AvgIpc) is 2.82. The van der Waals surface area contributed by atoms with Gasteiger partial charge in [0.15, 0.2) is 0 Å². The normalized spacial score (nSPS) is 22.4. The van der Waals surface area contributed by atoms with E-state index in [1.807, 2.05) is 6.92 Å². The molecule has 19 heavy (non-hydrogen) atoms. The number of hydrogen-bond acceptors (Lipinski definition) is 5. The minimum Gasteiger partial charge on any atom is -0.467 e. The summed E-state index contributed by atoms with van der Waals surface area (Å²) in [5.41, 5.74) is 0. The summed E-state index contributed by atoms with van der Waals surface area (Å²) in [5, 5.41) is 0. The minimum absolute atomic E-state index is 0.146. The Morgan fingerprint density at radius 3 is 2.63 bits per heavy atom. The first kappa shape index (κ1) is 15.8. The summed E-state index contributed by atoms with van der Waals surface area (Å²) in [4.78, 5) is 25.1. The van der Waals surface area contributed by atoms with Crippen LogP contribution >= 0.6 is 0 Å². The van der Waals surface area contributed by atoms with E-state index in [4.69, 9.17) is 14.2 Å². The van der Waals surface area contributed by atoms with E-state index in [0.29, 0.717) is 26.2 Å². The zero-order valence-corrected chi connectivity index (χ0v) is 11.9. The fourth-order valence-corrected chi connectivity index (χ4v) is 2.23. The summed E-state index contributed by atoms with van der Waals surface area (Å²) in [6.07, 6.45) is 1.90. The second-order valence-electron chi connectivity index (χ2n) is 4.72. The lowest BCUT2D eigenvalue weighted by Gasteiger charge is -2.21. The third-order valence-corrected chi connectivity index (χ3v) is 3.22.